The zero-order valence-corrected chi connectivity index (χ0v) is 13.3. The number of piperidine rings is 1. The predicted octanol–water partition coefficient (Wildman–Crippen LogP) is 3.61. The van der Waals surface area contributed by atoms with E-state index >= 15 is 0 Å². The standard InChI is InChI=1S/C17H22N4O2/c1-12-6-9-21(10-7-12)11-8-15(22)19-20-16-13-4-2-3-5-14(13)18-17(16)23/h2-5,12,18,23H,6-11H2,1H3. The first kappa shape index (κ1) is 15.7. The smallest absolute Gasteiger partial charge is 0.266 e. The number of fused-ring (bicyclic) bond motifs is 1. The number of hydrogen-bond acceptors (Lipinski definition) is 4. The number of aromatic hydroxyl groups is 1. The molecule has 1 aliphatic rings. The van der Waals surface area contributed by atoms with Crippen molar-refractivity contribution in [2.45, 2.75) is 26.2 Å². The van der Waals surface area contributed by atoms with E-state index in [0.717, 1.165) is 36.5 Å². The first-order chi connectivity index (χ1) is 11.1. The Balaban J connectivity index is 1.58. The minimum atomic E-state index is -0.256. The van der Waals surface area contributed by atoms with Crippen LogP contribution in [0.2, 0.25) is 0 Å². The van der Waals surface area contributed by atoms with Crippen LogP contribution in [0.5, 0.6) is 5.88 Å². The SMILES string of the molecule is CC1CCN(CCC(=O)N=Nc2c(O)[nH]c3ccccc23)CC1. The third-order valence-corrected chi connectivity index (χ3v) is 4.44. The van der Waals surface area contributed by atoms with E-state index in [9.17, 15) is 9.90 Å². The molecule has 1 fully saturated rings. The van der Waals surface area contributed by atoms with Gasteiger partial charge in [0.25, 0.3) is 5.91 Å². The van der Waals surface area contributed by atoms with E-state index in [1.165, 1.54) is 12.8 Å². The highest BCUT2D eigenvalue weighted by Crippen LogP contribution is 2.35. The predicted molar refractivity (Wildman–Crippen MR) is 88.9 cm³/mol. The maximum atomic E-state index is 11.9. The van der Waals surface area contributed by atoms with Crippen LogP contribution in [-0.2, 0) is 4.79 Å². The number of carbonyl (C=O) groups is 1. The number of nitrogens with zero attached hydrogens (tertiary/aromatic N) is 3. The van der Waals surface area contributed by atoms with E-state index in [1.807, 2.05) is 24.3 Å². The lowest BCUT2D eigenvalue weighted by Crippen LogP contribution is -2.34. The molecule has 6 nitrogen and oxygen atoms in total. The maximum Gasteiger partial charge on any atom is 0.266 e. The van der Waals surface area contributed by atoms with E-state index in [2.05, 4.69) is 27.0 Å². The summed E-state index contributed by atoms with van der Waals surface area (Å²) in [5, 5.41) is 18.3. The van der Waals surface area contributed by atoms with E-state index in [-0.39, 0.29) is 11.8 Å². The van der Waals surface area contributed by atoms with Crippen LogP contribution in [0.25, 0.3) is 10.9 Å². The lowest BCUT2D eigenvalue weighted by atomic mass is 9.99. The van der Waals surface area contributed by atoms with Crippen molar-refractivity contribution in [1.82, 2.24) is 9.88 Å². The lowest BCUT2D eigenvalue weighted by Gasteiger charge is -2.29. The van der Waals surface area contributed by atoms with Crippen LogP contribution >= 0.6 is 0 Å². The number of aromatic nitrogens is 1. The van der Waals surface area contributed by atoms with E-state index in [0.29, 0.717) is 12.1 Å². The molecule has 1 saturated heterocycles. The molecule has 2 aromatic rings. The van der Waals surface area contributed by atoms with Gasteiger partial charge >= 0.3 is 0 Å². The van der Waals surface area contributed by atoms with E-state index < -0.39 is 0 Å². The normalized spacial score (nSPS) is 17.3. The second kappa shape index (κ2) is 6.91. The van der Waals surface area contributed by atoms with Crippen molar-refractivity contribution in [1.29, 1.82) is 0 Å². The zero-order valence-electron chi connectivity index (χ0n) is 13.3. The quantitative estimate of drug-likeness (QED) is 0.846. The first-order valence-electron chi connectivity index (χ1n) is 8.10. The van der Waals surface area contributed by atoms with Crippen LogP contribution in [0.15, 0.2) is 34.5 Å². The molecule has 1 aromatic carbocycles. The van der Waals surface area contributed by atoms with Crippen LogP contribution in [0.1, 0.15) is 26.2 Å². The number of hydrogen-bond donors (Lipinski definition) is 2. The number of rotatable bonds is 4. The Morgan fingerprint density at radius 2 is 2.09 bits per heavy atom. The molecule has 0 radical (unpaired) electrons. The van der Waals surface area contributed by atoms with Gasteiger partial charge in [-0.05, 0) is 37.9 Å². The summed E-state index contributed by atoms with van der Waals surface area (Å²) in [6.07, 6.45) is 2.75. The molecule has 3 rings (SSSR count). The van der Waals surface area contributed by atoms with Gasteiger partial charge in [0.05, 0.1) is 5.52 Å². The molecule has 23 heavy (non-hydrogen) atoms. The molecule has 0 unspecified atom stereocenters. The van der Waals surface area contributed by atoms with Crippen LogP contribution in [0.4, 0.5) is 5.69 Å². The van der Waals surface area contributed by atoms with Crippen molar-refractivity contribution < 1.29 is 9.90 Å². The Bertz CT molecular complexity index is 714. The molecule has 0 aliphatic carbocycles. The fraction of sp³-hybridized carbons (Fsp3) is 0.471. The van der Waals surface area contributed by atoms with Crippen molar-refractivity contribution in [2.75, 3.05) is 19.6 Å². The highest BCUT2D eigenvalue weighted by atomic mass is 16.3. The van der Waals surface area contributed by atoms with Gasteiger partial charge in [-0.25, -0.2) is 0 Å². The summed E-state index contributed by atoms with van der Waals surface area (Å²) in [5.74, 6) is 0.465. The van der Waals surface area contributed by atoms with Gasteiger partial charge in [-0.3, -0.25) is 4.79 Å². The average Bonchev–Trinajstić information content (AvgIpc) is 2.87. The van der Waals surface area contributed by atoms with Gasteiger partial charge < -0.3 is 15.0 Å². The number of benzene rings is 1. The third-order valence-electron chi connectivity index (χ3n) is 4.44. The Morgan fingerprint density at radius 3 is 2.87 bits per heavy atom. The highest BCUT2D eigenvalue weighted by molar-refractivity contribution is 5.94. The molecule has 2 heterocycles. The summed E-state index contributed by atoms with van der Waals surface area (Å²) in [6, 6.07) is 7.39. The molecule has 122 valence electrons. The molecule has 0 spiro atoms. The summed E-state index contributed by atoms with van der Waals surface area (Å²) < 4.78 is 0. The number of likely N-dealkylation sites (tertiary alicyclic amines) is 1. The highest BCUT2D eigenvalue weighted by Gasteiger charge is 2.16. The first-order valence-corrected chi connectivity index (χ1v) is 8.10. The van der Waals surface area contributed by atoms with E-state index in [1.54, 1.807) is 0 Å². The summed E-state index contributed by atoms with van der Waals surface area (Å²) >= 11 is 0. The van der Waals surface area contributed by atoms with Gasteiger partial charge in [0.2, 0.25) is 5.88 Å². The molecule has 1 amide bonds. The minimum absolute atomic E-state index is 0.0623. The largest absolute Gasteiger partial charge is 0.493 e. The van der Waals surface area contributed by atoms with Gasteiger partial charge in [-0.2, -0.15) is 0 Å². The monoisotopic (exact) mass is 314 g/mol. The molecule has 1 aromatic heterocycles. The number of para-hydroxylation sites is 1. The molecule has 1 aliphatic heterocycles. The molecule has 6 heteroatoms. The third kappa shape index (κ3) is 3.76. The summed E-state index contributed by atoms with van der Waals surface area (Å²) in [5.41, 5.74) is 1.09. The van der Waals surface area contributed by atoms with Crippen molar-refractivity contribution in [3.05, 3.63) is 24.3 Å². The van der Waals surface area contributed by atoms with Crippen molar-refractivity contribution >= 4 is 22.5 Å². The molecule has 2 N–H and O–H groups in total. The van der Waals surface area contributed by atoms with E-state index in [4.69, 9.17) is 0 Å². The Morgan fingerprint density at radius 1 is 1.35 bits per heavy atom. The number of carbonyl (C=O) groups excluding carboxylic acids is 1. The minimum Gasteiger partial charge on any atom is -0.493 e. The second-order valence-corrected chi connectivity index (χ2v) is 6.24. The average molecular weight is 314 g/mol. The Labute approximate surface area is 135 Å². The van der Waals surface area contributed by atoms with Gasteiger partial charge in [-0.15, -0.1) is 10.2 Å². The fourth-order valence-electron chi connectivity index (χ4n) is 2.91. The summed E-state index contributed by atoms with van der Waals surface area (Å²) in [7, 11) is 0. The molecular formula is C17H22N4O2. The second-order valence-electron chi connectivity index (χ2n) is 6.24. The van der Waals surface area contributed by atoms with Crippen LogP contribution in [0.3, 0.4) is 0 Å². The van der Waals surface area contributed by atoms with Crippen molar-refractivity contribution in [3.8, 4) is 5.88 Å². The number of aromatic amines is 1. The van der Waals surface area contributed by atoms with Crippen molar-refractivity contribution in [3.63, 3.8) is 0 Å². The zero-order chi connectivity index (χ0) is 16.2. The topological polar surface area (TPSA) is 81.1 Å². The number of amides is 1. The summed E-state index contributed by atoms with van der Waals surface area (Å²) in [4.78, 5) is 17.0. The van der Waals surface area contributed by atoms with Gasteiger partial charge in [0.15, 0.2) is 5.69 Å². The lowest BCUT2D eigenvalue weighted by molar-refractivity contribution is -0.118. The Kier molecular flexibility index (Phi) is 4.71. The van der Waals surface area contributed by atoms with Crippen LogP contribution in [0, 0.1) is 5.92 Å². The fourth-order valence-corrected chi connectivity index (χ4v) is 2.91. The maximum absolute atomic E-state index is 11.9. The molecule has 0 atom stereocenters. The number of azo groups is 1. The van der Waals surface area contributed by atoms with Crippen molar-refractivity contribution in [2.24, 2.45) is 16.1 Å². The van der Waals surface area contributed by atoms with Gasteiger partial charge in [0.1, 0.15) is 0 Å². The summed E-state index contributed by atoms with van der Waals surface area (Å²) in [6.45, 7) is 5.10. The van der Waals surface area contributed by atoms with Crippen LogP contribution < -0.4 is 0 Å². The van der Waals surface area contributed by atoms with Gasteiger partial charge in [-0.1, -0.05) is 25.1 Å². The number of nitrogens with one attached hydrogen (secondary N) is 1. The molecule has 0 saturated carbocycles. The molecule has 0 bridgehead atoms. The van der Waals surface area contributed by atoms with Crippen LogP contribution in [-0.4, -0.2) is 40.5 Å². The van der Waals surface area contributed by atoms with Gasteiger partial charge in [0, 0.05) is 18.4 Å². The molecular weight excluding hydrogens is 292 g/mol. The Hall–Kier alpha value is -2.21. The number of H-pyrrole nitrogens is 1.